The molecule has 0 bridgehead atoms. The maximum Gasteiger partial charge on any atom is 0.397 e. The van der Waals surface area contributed by atoms with Gasteiger partial charge in [-0.2, -0.15) is 0 Å². The molecule has 1 heterocycles. The Hall–Kier alpha value is -1.36. The van der Waals surface area contributed by atoms with Gasteiger partial charge >= 0.3 is 11.9 Å². The number of carbonyl (C=O) groups is 2. The van der Waals surface area contributed by atoms with Gasteiger partial charge in [0, 0.05) is 10.9 Å². The molecule has 0 aromatic carbocycles. The third kappa shape index (κ3) is 3.85. The summed E-state index contributed by atoms with van der Waals surface area (Å²) in [6, 6.07) is 3.83. The van der Waals surface area contributed by atoms with E-state index in [1.165, 1.54) is 4.90 Å². The van der Waals surface area contributed by atoms with E-state index in [2.05, 4.69) is 0 Å². The van der Waals surface area contributed by atoms with Crippen molar-refractivity contribution in [2.24, 2.45) is 0 Å². The highest BCUT2D eigenvalue weighted by atomic mass is 32.1. The maximum absolute atomic E-state index is 11.9. The highest BCUT2D eigenvalue weighted by Gasteiger charge is 2.25. The summed E-state index contributed by atoms with van der Waals surface area (Å²) in [5.74, 6) is -1.35. The van der Waals surface area contributed by atoms with E-state index < -0.39 is 11.9 Å². The van der Waals surface area contributed by atoms with Crippen molar-refractivity contribution in [1.82, 2.24) is 4.90 Å². The lowest BCUT2D eigenvalue weighted by molar-refractivity contribution is -0.161. The Morgan fingerprint density at radius 3 is 2.65 bits per heavy atom. The lowest BCUT2D eigenvalue weighted by atomic mass is 10.3. The summed E-state index contributed by atoms with van der Waals surface area (Å²) in [4.78, 5) is 25.8. The molecule has 1 aromatic rings. The first kappa shape index (κ1) is 13.7. The first-order chi connectivity index (χ1) is 8.06. The number of thiophene rings is 1. The zero-order valence-corrected chi connectivity index (χ0v) is 11.1. The summed E-state index contributed by atoms with van der Waals surface area (Å²) in [7, 11) is 0. The van der Waals surface area contributed by atoms with Gasteiger partial charge in [0.05, 0.1) is 13.2 Å². The third-order valence-electron chi connectivity index (χ3n) is 2.24. The Balaban J connectivity index is 2.72. The molecule has 17 heavy (non-hydrogen) atoms. The molecule has 0 saturated heterocycles. The molecule has 0 radical (unpaired) electrons. The number of hydrogen-bond donors (Lipinski definition) is 0. The van der Waals surface area contributed by atoms with Crippen LogP contribution in [0.25, 0.3) is 0 Å². The molecule has 0 aliphatic heterocycles. The van der Waals surface area contributed by atoms with Gasteiger partial charge in [0.15, 0.2) is 0 Å². The van der Waals surface area contributed by atoms with Crippen LogP contribution < -0.4 is 0 Å². The molecule has 0 unspecified atom stereocenters. The van der Waals surface area contributed by atoms with E-state index in [0.29, 0.717) is 6.54 Å². The number of rotatable bonds is 4. The quantitative estimate of drug-likeness (QED) is 0.611. The predicted octanol–water partition coefficient (Wildman–Crippen LogP) is 2.05. The van der Waals surface area contributed by atoms with Crippen molar-refractivity contribution in [3.8, 4) is 0 Å². The second-order valence-electron chi connectivity index (χ2n) is 3.83. The Labute approximate surface area is 105 Å². The summed E-state index contributed by atoms with van der Waals surface area (Å²) in [5.41, 5.74) is 0. The zero-order valence-electron chi connectivity index (χ0n) is 10.3. The van der Waals surface area contributed by atoms with E-state index >= 15 is 0 Å². The van der Waals surface area contributed by atoms with Crippen LogP contribution in [0.2, 0.25) is 0 Å². The topological polar surface area (TPSA) is 46.6 Å². The van der Waals surface area contributed by atoms with Gasteiger partial charge in [0.2, 0.25) is 0 Å². The van der Waals surface area contributed by atoms with Gasteiger partial charge in [0.1, 0.15) is 0 Å². The zero-order chi connectivity index (χ0) is 12.8. The standard InChI is InChI=1S/C12H17NO3S/c1-4-16-12(15)11(14)13(9(2)3)8-10-6-5-7-17-10/h5-7,9H,4,8H2,1-3H3. The van der Waals surface area contributed by atoms with Crippen LogP contribution in [-0.2, 0) is 20.9 Å². The molecule has 4 nitrogen and oxygen atoms in total. The molecule has 1 aromatic heterocycles. The molecule has 1 amide bonds. The molecule has 1 rings (SSSR count). The third-order valence-corrected chi connectivity index (χ3v) is 3.10. The van der Waals surface area contributed by atoms with Crippen LogP contribution in [0.4, 0.5) is 0 Å². The summed E-state index contributed by atoms with van der Waals surface area (Å²) in [6.45, 7) is 6.11. The number of esters is 1. The van der Waals surface area contributed by atoms with Crippen LogP contribution >= 0.6 is 11.3 Å². The van der Waals surface area contributed by atoms with Crippen molar-refractivity contribution in [3.63, 3.8) is 0 Å². The van der Waals surface area contributed by atoms with E-state index in [-0.39, 0.29) is 12.6 Å². The SMILES string of the molecule is CCOC(=O)C(=O)N(Cc1cccs1)C(C)C. The monoisotopic (exact) mass is 255 g/mol. The fourth-order valence-corrected chi connectivity index (χ4v) is 2.07. The van der Waals surface area contributed by atoms with E-state index in [1.54, 1.807) is 18.3 Å². The Kier molecular flexibility index (Phi) is 5.15. The average molecular weight is 255 g/mol. The number of ether oxygens (including phenoxy) is 1. The van der Waals surface area contributed by atoms with Gasteiger partial charge in [-0.25, -0.2) is 4.79 Å². The predicted molar refractivity (Wildman–Crippen MR) is 66.6 cm³/mol. The Morgan fingerprint density at radius 1 is 1.47 bits per heavy atom. The van der Waals surface area contributed by atoms with Crippen molar-refractivity contribution in [1.29, 1.82) is 0 Å². The van der Waals surface area contributed by atoms with Gasteiger partial charge in [-0.3, -0.25) is 4.79 Å². The van der Waals surface area contributed by atoms with E-state index in [9.17, 15) is 9.59 Å². The van der Waals surface area contributed by atoms with Gasteiger partial charge in [-0.15, -0.1) is 11.3 Å². The smallest absolute Gasteiger partial charge is 0.397 e. The van der Waals surface area contributed by atoms with Gasteiger partial charge < -0.3 is 9.64 Å². The summed E-state index contributed by atoms with van der Waals surface area (Å²) >= 11 is 1.57. The van der Waals surface area contributed by atoms with Crippen molar-refractivity contribution >= 4 is 23.2 Å². The normalized spacial score (nSPS) is 10.4. The molecular formula is C12H17NO3S. The van der Waals surface area contributed by atoms with Crippen LogP contribution in [0.15, 0.2) is 17.5 Å². The van der Waals surface area contributed by atoms with Crippen LogP contribution in [0.1, 0.15) is 25.6 Å². The number of amides is 1. The molecule has 5 heteroatoms. The van der Waals surface area contributed by atoms with Crippen LogP contribution in [0.3, 0.4) is 0 Å². The lowest BCUT2D eigenvalue weighted by Crippen LogP contribution is -2.41. The number of nitrogens with zero attached hydrogens (tertiary/aromatic N) is 1. The van der Waals surface area contributed by atoms with E-state index in [0.717, 1.165) is 4.88 Å². The first-order valence-electron chi connectivity index (χ1n) is 5.56. The minimum atomic E-state index is -0.780. The average Bonchev–Trinajstić information content (AvgIpc) is 2.77. The molecular weight excluding hydrogens is 238 g/mol. The maximum atomic E-state index is 11.9. The second-order valence-corrected chi connectivity index (χ2v) is 4.86. The van der Waals surface area contributed by atoms with Crippen molar-refractivity contribution in [2.45, 2.75) is 33.4 Å². The fraction of sp³-hybridized carbons (Fsp3) is 0.500. The molecule has 0 spiro atoms. The summed E-state index contributed by atoms with van der Waals surface area (Å²) < 4.78 is 4.73. The number of hydrogen-bond acceptors (Lipinski definition) is 4. The largest absolute Gasteiger partial charge is 0.459 e. The highest BCUT2D eigenvalue weighted by Crippen LogP contribution is 2.14. The lowest BCUT2D eigenvalue weighted by Gasteiger charge is -2.24. The molecule has 0 aliphatic carbocycles. The molecule has 0 fully saturated rings. The van der Waals surface area contributed by atoms with E-state index in [1.807, 2.05) is 31.4 Å². The first-order valence-corrected chi connectivity index (χ1v) is 6.44. The molecule has 0 atom stereocenters. The van der Waals surface area contributed by atoms with Crippen LogP contribution in [0.5, 0.6) is 0 Å². The van der Waals surface area contributed by atoms with Crippen molar-refractivity contribution in [3.05, 3.63) is 22.4 Å². The van der Waals surface area contributed by atoms with Crippen molar-refractivity contribution in [2.75, 3.05) is 6.61 Å². The molecule has 0 saturated carbocycles. The summed E-state index contributed by atoms with van der Waals surface area (Å²) in [5, 5.41) is 1.95. The van der Waals surface area contributed by atoms with E-state index in [4.69, 9.17) is 4.74 Å². The number of carbonyl (C=O) groups excluding carboxylic acids is 2. The Morgan fingerprint density at radius 2 is 2.18 bits per heavy atom. The minimum absolute atomic E-state index is 0.0333. The second kappa shape index (κ2) is 6.39. The van der Waals surface area contributed by atoms with Crippen LogP contribution in [0, 0.1) is 0 Å². The highest BCUT2D eigenvalue weighted by molar-refractivity contribution is 7.09. The summed E-state index contributed by atoms with van der Waals surface area (Å²) in [6.07, 6.45) is 0. The van der Waals surface area contributed by atoms with Crippen molar-refractivity contribution < 1.29 is 14.3 Å². The Bertz CT molecular complexity index is 373. The van der Waals surface area contributed by atoms with Crippen LogP contribution in [-0.4, -0.2) is 29.4 Å². The fourth-order valence-electron chi connectivity index (χ4n) is 1.37. The minimum Gasteiger partial charge on any atom is -0.459 e. The van der Waals surface area contributed by atoms with Gasteiger partial charge in [-0.1, -0.05) is 6.07 Å². The van der Waals surface area contributed by atoms with Gasteiger partial charge in [0.25, 0.3) is 0 Å². The van der Waals surface area contributed by atoms with Gasteiger partial charge in [-0.05, 0) is 32.2 Å². The molecule has 0 aliphatic rings. The molecule has 94 valence electrons. The molecule has 0 N–H and O–H groups in total.